The predicted octanol–water partition coefficient (Wildman–Crippen LogP) is 2.65. The third kappa shape index (κ3) is 5.17. The van der Waals surface area contributed by atoms with E-state index in [-0.39, 0.29) is 24.9 Å². The molecule has 0 radical (unpaired) electrons. The number of rotatable bonds is 6. The molecule has 0 aromatic carbocycles. The van der Waals surface area contributed by atoms with E-state index in [0.29, 0.717) is 13.1 Å². The Labute approximate surface area is 162 Å². The van der Waals surface area contributed by atoms with Crippen LogP contribution in [0.5, 0.6) is 0 Å². The molecule has 8 heteroatoms. The van der Waals surface area contributed by atoms with Crippen molar-refractivity contribution in [2.75, 3.05) is 26.7 Å². The second kappa shape index (κ2) is 8.67. The van der Waals surface area contributed by atoms with Crippen molar-refractivity contribution in [1.29, 1.82) is 0 Å². The lowest BCUT2D eigenvalue weighted by Gasteiger charge is -2.25. The zero-order chi connectivity index (χ0) is 19.4. The highest BCUT2D eigenvalue weighted by molar-refractivity contribution is 7.13. The van der Waals surface area contributed by atoms with E-state index < -0.39 is 5.97 Å². The minimum absolute atomic E-state index is 0.0342. The molecule has 1 N–H and O–H groups in total. The molecule has 1 amide bonds. The summed E-state index contributed by atoms with van der Waals surface area (Å²) in [5.41, 5.74) is 0.762. The monoisotopic (exact) mass is 391 g/mol. The first kappa shape index (κ1) is 19.6. The molecule has 27 heavy (non-hydrogen) atoms. The average molecular weight is 391 g/mol. The largest absolute Gasteiger partial charge is 0.480 e. The van der Waals surface area contributed by atoms with Gasteiger partial charge in [-0.3, -0.25) is 14.5 Å². The zero-order valence-corrected chi connectivity index (χ0v) is 16.5. The molecule has 0 spiro atoms. The molecule has 1 saturated heterocycles. The first-order valence-electron chi connectivity index (χ1n) is 9.13. The van der Waals surface area contributed by atoms with Crippen LogP contribution in [0.3, 0.4) is 0 Å². The highest BCUT2D eigenvalue weighted by Crippen LogP contribution is 2.26. The number of likely N-dealkylation sites (N-methyl/N-ethyl adjacent to an activating group) is 1. The lowest BCUT2D eigenvalue weighted by molar-refractivity contribution is -0.138. The van der Waals surface area contributed by atoms with Crippen LogP contribution in [-0.2, 0) is 16.0 Å². The molecule has 2 aromatic rings. The Morgan fingerprint density at radius 2 is 2.19 bits per heavy atom. The Kier molecular flexibility index (Phi) is 6.28. The number of carbonyl (C=O) groups is 2. The number of thiazole rings is 1. The third-order valence-corrected chi connectivity index (χ3v) is 5.80. The third-order valence-electron chi connectivity index (χ3n) is 4.89. The minimum atomic E-state index is -0.819. The Morgan fingerprint density at radius 1 is 1.37 bits per heavy atom. The van der Waals surface area contributed by atoms with Gasteiger partial charge in [0.15, 0.2) is 10.8 Å². The van der Waals surface area contributed by atoms with Crippen LogP contribution < -0.4 is 0 Å². The summed E-state index contributed by atoms with van der Waals surface area (Å²) in [6.45, 7) is 3.29. The van der Waals surface area contributed by atoms with Gasteiger partial charge in [0.05, 0.1) is 18.7 Å². The second-order valence-corrected chi connectivity index (χ2v) is 7.86. The number of likely N-dealkylation sites (tertiary alicyclic amines) is 1. The number of hydrogen-bond donors (Lipinski definition) is 1. The normalized spacial score (nSPS) is 17.9. The molecule has 0 saturated carbocycles. The molecule has 7 nitrogen and oxygen atoms in total. The second-order valence-electron chi connectivity index (χ2n) is 7.01. The van der Waals surface area contributed by atoms with E-state index in [4.69, 9.17) is 9.52 Å². The summed E-state index contributed by atoms with van der Waals surface area (Å²) < 4.78 is 5.59. The van der Waals surface area contributed by atoms with E-state index in [0.717, 1.165) is 41.5 Å². The van der Waals surface area contributed by atoms with Crippen LogP contribution in [0.2, 0.25) is 0 Å². The van der Waals surface area contributed by atoms with E-state index in [9.17, 15) is 9.59 Å². The van der Waals surface area contributed by atoms with Crippen LogP contribution in [0.25, 0.3) is 10.8 Å². The van der Waals surface area contributed by atoms with Crippen molar-refractivity contribution in [3.8, 4) is 10.8 Å². The van der Waals surface area contributed by atoms with Crippen molar-refractivity contribution >= 4 is 23.2 Å². The van der Waals surface area contributed by atoms with Gasteiger partial charge in [0.2, 0.25) is 5.91 Å². The summed E-state index contributed by atoms with van der Waals surface area (Å²) in [5, 5.41) is 11.7. The maximum absolute atomic E-state index is 12.7. The maximum atomic E-state index is 12.7. The predicted molar refractivity (Wildman–Crippen MR) is 103 cm³/mol. The summed E-state index contributed by atoms with van der Waals surface area (Å²) in [4.78, 5) is 31.9. The van der Waals surface area contributed by atoms with E-state index in [1.165, 1.54) is 11.3 Å². The Bertz CT molecular complexity index is 800. The number of aryl methyl sites for hydroxylation is 1. The quantitative estimate of drug-likeness (QED) is 0.815. The number of hydrogen-bond acceptors (Lipinski definition) is 6. The average Bonchev–Trinajstić information content (AvgIpc) is 3.16. The number of carboxylic acid groups (broad SMARTS) is 1. The van der Waals surface area contributed by atoms with Gasteiger partial charge in [-0.2, -0.15) is 0 Å². The first-order valence-corrected chi connectivity index (χ1v) is 10.0. The van der Waals surface area contributed by atoms with Crippen molar-refractivity contribution in [1.82, 2.24) is 14.8 Å². The standard InChI is InChI=1S/C19H25N3O4S/c1-13-5-6-16(26-13)19-20-14(12-27-19)10-17(23)22-8-3-4-15(7-9-22)21(2)11-18(24)25/h5-6,12,15H,3-4,7-11H2,1-2H3,(H,24,25). The van der Waals surface area contributed by atoms with Crippen molar-refractivity contribution in [3.63, 3.8) is 0 Å². The van der Waals surface area contributed by atoms with E-state index in [1.54, 1.807) is 0 Å². The molecule has 1 fully saturated rings. The molecular formula is C19H25N3O4S. The molecule has 1 unspecified atom stereocenters. The summed E-state index contributed by atoms with van der Waals surface area (Å²) in [6.07, 6.45) is 2.87. The van der Waals surface area contributed by atoms with E-state index in [1.807, 2.05) is 41.3 Å². The van der Waals surface area contributed by atoms with Crippen molar-refractivity contribution in [2.45, 2.75) is 38.6 Å². The fraction of sp³-hybridized carbons (Fsp3) is 0.526. The number of carboxylic acids is 1. The van der Waals surface area contributed by atoms with Crippen molar-refractivity contribution in [3.05, 3.63) is 29.0 Å². The molecule has 0 bridgehead atoms. The Hall–Kier alpha value is -2.19. The van der Waals surface area contributed by atoms with Crippen molar-refractivity contribution in [2.24, 2.45) is 0 Å². The SMILES string of the molecule is Cc1ccc(-c2nc(CC(=O)N3CCCC(N(C)CC(=O)O)CC3)cs2)o1. The van der Waals surface area contributed by atoms with Gasteiger partial charge in [-0.25, -0.2) is 4.98 Å². The van der Waals surface area contributed by atoms with E-state index in [2.05, 4.69) is 4.98 Å². The van der Waals surface area contributed by atoms with Gasteiger partial charge >= 0.3 is 5.97 Å². The van der Waals surface area contributed by atoms with Crippen LogP contribution in [-0.4, -0.2) is 64.5 Å². The van der Waals surface area contributed by atoms with Crippen LogP contribution in [0, 0.1) is 6.92 Å². The number of nitrogens with zero attached hydrogens (tertiary/aromatic N) is 3. The van der Waals surface area contributed by atoms with Crippen molar-refractivity contribution < 1.29 is 19.1 Å². The van der Waals surface area contributed by atoms with Gasteiger partial charge in [0.1, 0.15) is 5.76 Å². The summed E-state index contributed by atoms with van der Waals surface area (Å²) >= 11 is 1.48. The zero-order valence-electron chi connectivity index (χ0n) is 15.7. The smallest absolute Gasteiger partial charge is 0.317 e. The number of aromatic nitrogens is 1. The van der Waals surface area contributed by atoms with Gasteiger partial charge in [-0.15, -0.1) is 11.3 Å². The van der Waals surface area contributed by atoms with Crippen LogP contribution in [0.15, 0.2) is 21.9 Å². The first-order chi connectivity index (χ1) is 12.9. The Balaban J connectivity index is 1.55. The summed E-state index contributed by atoms with van der Waals surface area (Å²) in [7, 11) is 1.84. The number of aliphatic carboxylic acids is 1. The van der Waals surface area contributed by atoms with E-state index >= 15 is 0 Å². The minimum Gasteiger partial charge on any atom is -0.480 e. The van der Waals surface area contributed by atoms with Crippen LogP contribution in [0.4, 0.5) is 0 Å². The summed E-state index contributed by atoms with van der Waals surface area (Å²) in [6, 6.07) is 3.99. The topological polar surface area (TPSA) is 86.9 Å². The molecule has 1 aliphatic heterocycles. The van der Waals surface area contributed by atoms with Gasteiger partial charge in [0, 0.05) is 24.5 Å². The van der Waals surface area contributed by atoms with Gasteiger partial charge in [-0.05, 0) is 45.4 Å². The van der Waals surface area contributed by atoms with Gasteiger partial charge < -0.3 is 14.4 Å². The number of amides is 1. The molecule has 3 rings (SSSR count). The van der Waals surface area contributed by atoms with Crippen LogP contribution in [0.1, 0.15) is 30.7 Å². The molecule has 3 heterocycles. The highest BCUT2D eigenvalue weighted by Gasteiger charge is 2.24. The maximum Gasteiger partial charge on any atom is 0.317 e. The van der Waals surface area contributed by atoms with Gasteiger partial charge in [-0.1, -0.05) is 0 Å². The fourth-order valence-corrected chi connectivity index (χ4v) is 4.21. The lowest BCUT2D eigenvalue weighted by atomic mass is 10.1. The molecular weight excluding hydrogens is 366 g/mol. The summed E-state index contributed by atoms with van der Waals surface area (Å²) in [5.74, 6) is 0.824. The highest BCUT2D eigenvalue weighted by atomic mass is 32.1. The molecule has 146 valence electrons. The molecule has 1 atom stereocenters. The molecule has 1 aliphatic rings. The fourth-order valence-electron chi connectivity index (χ4n) is 3.43. The Morgan fingerprint density at radius 3 is 2.89 bits per heavy atom. The van der Waals surface area contributed by atoms with Gasteiger partial charge in [0.25, 0.3) is 0 Å². The molecule has 2 aromatic heterocycles. The number of carbonyl (C=O) groups excluding carboxylic acids is 1. The number of furan rings is 1. The lowest BCUT2D eigenvalue weighted by Crippen LogP contribution is -2.37. The molecule has 0 aliphatic carbocycles. The van der Waals surface area contributed by atoms with Crippen LogP contribution >= 0.6 is 11.3 Å².